The molecule has 1 heterocycles. The van der Waals surface area contributed by atoms with E-state index in [4.69, 9.17) is 0 Å². The molecule has 116 valence electrons. The summed E-state index contributed by atoms with van der Waals surface area (Å²) in [4.78, 5) is 21.3. The van der Waals surface area contributed by atoms with Crippen LogP contribution in [0.5, 0.6) is 5.88 Å². The number of aryl methyl sites for hydroxylation is 1. The number of benzene rings is 2. The average Bonchev–Trinajstić information content (AvgIpc) is 2.79. The topological polar surface area (TPSA) is 97.7 Å². The van der Waals surface area contributed by atoms with Crippen LogP contribution in [-0.4, -0.2) is 14.6 Å². The number of aromatic hydroxyl groups is 1. The number of non-ortho nitro benzene ring substituents is 1. The summed E-state index contributed by atoms with van der Waals surface area (Å²) in [6.07, 6.45) is 0. The second kappa shape index (κ2) is 5.53. The van der Waals surface area contributed by atoms with E-state index in [0.29, 0.717) is 10.9 Å². The van der Waals surface area contributed by atoms with Gasteiger partial charge in [0.1, 0.15) is 0 Å². The monoisotopic (exact) mass is 311 g/mol. The van der Waals surface area contributed by atoms with Crippen molar-refractivity contribution >= 4 is 22.3 Å². The van der Waals surface area contributed by atoms with Gasteiger partial charge in [-0.2, -0.15) is 0 Å². The van der Waals surface area contributed by atoms with E-state index in [1.807, 2.05) is 19.1 Å². The van der Waals surface area contributed by atoms with Gasteiger partial charge in [-0.3, -0.25) is 10.1 Å². The Hall–Kier alpha value is -3.22. The van der Waals surface area contributed by atoms with Crippen LogP contribution in [0.15, 0.2) is 47.6 Å². The van der Waals surface area contributed by atoms with Gasteiger partial charge < -0.3 is 9.67 Å². The van der Waals surface area contributed by atoms with Crippen molar-refractivity contribution in [1.29, 1.82) is 0 Å². The summed E-state index contributed by atoms with van der Waals surface area (Å²) in [5.41, 5.74) is 2.41. The van der Waals surface area contributed by atoms with Crippen LogP contribution in [0.1, 0.15) is 11.1 Å². The van der Waals surface area contributed by atoms with Crippen molar-refractivity contribution in [1.82, 2.24) is 4.57 Å². The molecular weight excluding hydrogens is 298 g/mol. The molecule has 2 aromatic carbocycles. The Morgan fingerprint density at radius 3 is 2.52 bits per heavy atom. The Kier molecular flexibility index (Phi) is 3.53. The first kappa shape index (κ1) is 14.7. The molecule has 0 aliphatic carbocycles. The lowest BCUT2D eigenvalue weighted by Gasteiger charge is -2.07. The predicted molar refractivity (Wildman–Crippen MR) is 86.0 cm³/mol. The van der Waals surface area contributed by atoms with E-state index in [1.54, 1.807) is 22.8 Å². The zero-order valence-corrected chi connectivity index (χ0v) is 12.3. The molecule has 1 N–H and O–H groups in total. The van der Waals surface area contributed by atoms with Crippen molar-refractivity contribution in [3.05, 3.63) is 68.6 Å². The number of nitroso groups, excluding NO2 is 1. The van der Waals surface area contributed by atoms with Crippen molar-refractivity contribution in [3.8, 4) is 5.88 Å². The van der Waals surface area contributed by atoms with Gasteiger partial charge in [-0.25, -0.2) is 0 Å². The van der Waals surface area contributed by atoms with Crippen LogP contribution in [0.4, 0.5) is 11.4 Å². The molecule has 7 heteroatoms. The summed E-state index contributed by atoms with van der Waals surface area (Å²) in [6, 6.07) is 11.5. The maximum Gasteiger partial charge on any atom is 0.269 e. The average molecular weight is 311 g/mol. The van der Waals surface area contributed by atoms with Gasteiger partial charge in [-0.15, -0.1) is 4.91 Å². The van der Waals surface area contributed by atoms with Gasteiger partial charge in [0.05, 0.1) is 17.0 Å². The quantitative estimate of drug-likeness (QED) is 0.447. The second-order valence-electron chi connectivity index (χ2n) is 5.29. The number of hydrogen-bond donors (Lipinski definition) is 1. The molecule has 0 atom stereocenters. The Balaban J connectivity index is 2.07. The van der Waals surface area contributed by atoms with Crippen LogP contribution in [0, 0.1) is 21.9 Å². The highest BCUT2D eigenvalue weighted by Gasteiger charge is 2.18. The summed E-state index contributed by atoms with van der Waals surface area (Å²) in [7, 11) is 0. The number of nitro benzene ring substituents is 1. The molecule has 0 saturated carbocycles. The Labute approximate surface area is 130 Å². The standard InChI is InChI=1S/C16H13N3O4/c1-10-2-7-14-13(8-10)15(17-21)16(20)18(14)9-11-3-5-12(6-4-11)19(22)23/h2-8,20H,9H2,1H3. The lowest BCUT2D eigenvalue weighted by Crippen LogP contribution is -1.99. The number of nitro groups is 1. The molecular formula is C16H13N3O4. The van der Waals surface area contributed by atoms with Gasteiger partial charge in [0.2, 0.25) is 5.88 Å². The fraction of sp³-hybridized carbons (Fsp3) is 0.125. The number of nitrogens with zero attached hydrogens (tertiary/aromatic N) is 3. The van der Waals surface area contributed by atoms with Crippen LogP contribution in [0.3, 0.4) is 0 Å². The fourth-order valence-corrected chi connectivity index (χ4v) is 2.59. The van der Waals surface area contributed by atoms with Gasteiger partial charge in [-0.1, -0.05) is 23.8 Å². The summed E-state index contributed by atoms with van der Waals surface area (Å²) >= 11 is 0. The molecule has 23 heavy (non-hydrogen) atoms. The summed E-state index contributed by atoms with van der Waals surface area (Å²) < 4.78 is 1.56. The van der Waals surface area contributed by atoms with E-state index < -0.39 is 4.92 Å². The number of aromatic nitrogens is 1. The summed E-state index contributed by atoms with van der Waals surface area (Å²) in [5.74, 6) is -0.209. The maximum absolute atomic E-state index is 11.0. The molecule has 0 aliphatic rings. The molecule has 1 aromatic heterocycles. The highest BCUT2D eigenvalue weighted by Crippen LogP contribution is 2.39. The minimum atomic E-state index is -0.469. The minimum Gasteiger partial charge on any atom is -0.493 e. The van der Waals surface area contributed by atoms with Gasteiger partial charge in [0.25, 0.3) is 5.69 Å². The first-order chi connectivity index (χ1) is 11.0. The first-order valence-corrected chi connectivity index (χ1v) is 6.89. The SMILES string of the molecule is Cc1ccc2c(c1)c(N=O)c(O)n2Cc1ccc([N+](=O)[O-])cc1. The molecule has 0 unspecified atom stereocenters. The number of hydrogen-bond acceptors (Lipinski definition) is 5. The molecule has 3 rings (SSSR count). The van der Waals surface area contributed by atoms with Crippen LogP contribution in [-0.2, 0) is 6.54 Å². The Bertz CT molecular complexity index is 913. The molecule has 0 aliphatic heterocycles. The number of fused-ring (bicyclic) bond motifs is 1. The van der Waals surface area contributed by atoms with Gasteiger partial charge in [0, 0.05) is 17.5 Å². The lowest BCUT2D eigenvalue weighted by molar-refractivity contribution is -0.384. The van der Waals surface area contributed by atoms with Gasteiger partial charge >= 0.3 is 0 Å². The Morgan fingerprint density at radius 1 is 1.22 bits per heavy atom. The zero-order valence-electron chi connectivity index (χ0n) is 12.3. The van der Waals surface area contributed by atoms with Crippen molar-refractivity contribution in [2.45, 2.75) is 13.5 Å². The minimum absolute atomic E-state index is 0.00112. The van der Waals surface area contributed by atoms with Crippen LogP contribution < -0.4 is 0 Å². The predicted octanol–water partition coefficient (Wildman–Crippen LogP) is 4.01. The van der Waals surface area contributed by atoms with Crippen LogP contribution in [0.25, 0.3) is 10.9 Å². The summed E-state index contributed by atoms with van der Waals surface area (Å²) in [6.45, 7) is 2.16. The van der Waals surface area contributed by atoms with E-state index in [9.17, 15) is 20.1 Å². The third kappa shape index (κ3) is 2.52. The van der Waals surface area contributed by atoms with Crippen molar-refractivity contribution in [2.75, 3.05) is 0 Å². The highest BCUT2D eigenvalue weighted by atomic mass is 16.6. The third-order valence-corrected chi connectivity index (χ3v) is 3.74. The van der Waals surface area contributed by atoms with E-state index in [2.05, 4.69) is 5.18 Å². The maximum atomic E-state index is 11.0. The van der Waals surface area contributed by atoms with Crippen molar-refractivity contribution in [2.24, 2.45) is 5.18 Å². The van der Waals surface area contributed by atoms with Crippen molar-refractivity contribution in [3.63, 3.8) is 0 Å². The molecule has 0 bridgehead atoms. The molecule has 0 spiro atoms. The third-order valence-electron chi connectivity index (χ3n) is 3.74. The van der Waals surface area contributed by atoms with Gasteiger partial charge in [-0.05, 0) is 29.8 Å². The number of rotatable bonds is 4. The second-order valence-corrected chi connectivity index (χ2v) is 5.29. The van der Waals surface area contributed by atoms with E-state index in [1.165, 1.54) is 12.1 Å². The van der Waals surface area contributed by atoms with Crippen molar-refractivity contribution < 1.29 is 10.0 Å². The zero-order chi connectivity index (χ0) is 16.6. The Morgan fingerprint density at radius 2 is 1.91 bits per heavy atom. The molecule has 0 fully saturated rings. The smallest absolute Gasteiger partial charge is 0.269 e. The highest BCUT2D eigenvalue weighted by molar-refractivity contribution is 5.95. The van der Waals surface area contributed by atoms with Crippen LogP contribution in [0.2, 0.25) is 0 Å². The largest absolute Gasteiger partial charge is 0.493 e. The molecule has 0 amide bonds. The van der Waals surface area contributed by atoms with E-state index in [0.717, 1.165) is 11.1 Å². The molecule has 0 radical (unpaired) electrons. The summed E-state index contributed by atoms with van der Waals surface area (Å²) in [5, 5.41) is 24.5. The normalized spacial score (nSPS) is 10.8. The van der Waals surface area contributed by atoms with Crippen LogP contribution >= 0.6 is 0 Å². The molecule has 7 nitrogen and oxygen atoms in total. The fourth-order valence-electron chi connectivity index (χ4n) is 2.59. The van der Waals surface area contributed by atoms with E-state index >= 15 is 0 Å². The molecule has 0 saturated heterocycles. The first-order valence-electron chi connectivity index (χ1n) is 6.89. The lowest BCUT2D eigenvalue weighted by atomic mass is 10.1. The van der Waals surface area contributed by atoms with E-state index in [-0.39, 0.29) is 23.8 Å². The van der Waals surface area contributed by atoms with Gasteiger partial charge in [0.15, 0.2) is 5.69 Å². The molecule has 3 aromatic rings.